The highest BCUT2D eigenvalue weighted by molar-refractivity contribution is 5.08. The molecule has 4 aliphatic rings. The van der Waals surface area contributed by atoms with Gasteiger partial charge in [0.15, 0.2) is 0 Å². The lowest BCUT2D eigenvalue weighted by molar-refractivity contribution is -0.111. The Kier molecular flexibility index (Phi) is 14.2. The summed E-state index contributed by atoms with van der Waals surface area (Å²) >= 11 is 0. The molecule has 0 spiro atoms. The molecule has 0 amide bonds. The lowest BCUT2D eigenvalue weighted by atomic mass is 9.45. The van der Waals surface area contributed by atoms with Gasteiger partial charge in [-0.1, -0.05) is 124 Å². The first-order valence-corrected chi connectivity index (χ1v) is 19.3. The van der Waals surface area contributed by atoms with Crippen LogP contribution in [0.5, 0.6) is 0 Å². The Morgan fingerprint density at radius 2 is 1.12 bits per heavy atom. The van der Waals surface area contributed by atoms with Crippen molar-refractivity contribution in [2.75, 3.05) is 13.1 Å². The molecule has 0 aliphatic heterocycles. The minimum absolute atomic E-state index is 0.681. The molecule has 4 fully saturated rings. The van der Waals surface area contributed by atoms with Crippen molar-refractivity contribution in [1.82, 2.24) is 5.32 Å². The van der Waals surface area contributed by atoms with Gasteiger partial charge in [0.2, 0.25) is 0 Å². The van der Waals surface area contributed by atoms with Gasteiger partial charge in [0.05, 0.1) is 0 Å². The number of fused-ring (bicyclic) bond motifs is 5. The van der Waals surface area contributed by atoms with Crippen LogP contribution in [0.3, 0.4) is 0 Å². The van der Waals surface area contributed by atoms with E-state index in [1.807, 2.05) is 0 Å². The molecule has 234 valence electrons. The van der Waals surface area contributed by atoms with Gasteiger partial charge in [-0.15, -0.1) is 0 Å². The van der Waals surface area contributed by atoms with Gasteiger partial charge >= 0.3 is 0 Å². The fraction of sp³-hybridized carbons (Fsp3) is 1.00. The molecule has 0 radical (unpaired) electrons. The molecule has 0 aromatic rings. The van der Waals surface area contributed by atoms with Crippen LogP contribution in [0.2, 0.25) is 0 Å². The van der Waals surface area contributed by atoms with Gasteiger partial charge in [-0.3, -0.25) is 0 Å². The maximum absolute atomic E-state index is 3.79. The van der Waals surface area contributed by atoms with Crippen molar-refractivity contribution in [3.8, 4) is 0 Å². The largest absolute Gasteiger partial charge is 0.317 e. The summed E-state index contributed by atoms with van der Waals surface area (Å²) in [5.41, 5.74) is 1.39. The van der Waals surface area contributed by atoms with Crippen LogP contribution in [-0.2, 0) is 0 Å². The summed E-state index contributed by atoms with van der Waals surface area (Å²) in [7, 11) is 0. The molecule has 4 rings (SSSR count). The van der Waals surface area contributed by atoms with E-state index in [0.29, 0.717) is 10.8 Å². The molecule has 7 unspecified atom stereocenters. The van der Waals surface area contributed by atoms with Crippen LogP contribution >= 0.6 is 0 Å². The predicted octanol–water partition coefficient (Wildman–Crippen LogP) is 12.3. The standard InChI is InChI=1S/C39H73N/c1-4-5-6-7-8-9-10-11-12-13-14-15-16-20-31-40-32-21-18-23-34-25-27-36-35-26-24-33-22-17-19-29-38(33,2)37(35)28-30-39(34,36)3/h33-37,40H,4-32H2,1-3H3. The van der Waals surface area contributed by atoms with Crippen molar-refractivity contribution in [1.29, 1.82) is 0 Å². The summed E-state index contributed by atoms with van der Waals surface area (Å²) < 4.78 is 0. The molecule has 0 saturated heterocycles. The van der Waals surface area contributed by atoms with E-state index >= 15 is 0 Å². The minimum atomic E-state index is 0.681. The van der Waals surface area contributed by atoms with Crippen LogP contribution in [0.1, 0.15) is 194 Å². The summed E-state index contributed by atoms with van der Waals surface area (Å²) in [6.45, 7) is 10.3. The van der Waals surface area contributed by atoms with Crippen molar-refractivity contribution < 1.29 is 0 Å². The number of nitrogens with one attached hydrogen (secondary N) is 1. The van der Waals surface area contributed by atoms with E-state index in [-0.39, 0.29) is 0 Å². The monoisotopic (exact) mass is 556 g/mol. The van der Waals surface area contributed by atoms with E-state index in [2.05, 4.69) is 26.1 Å². The van der Waals surface area contributed by atoms with Crippen LogP contribution in [0.15, 0.2) is 0 Å². The normalized spacial score (nSPS) is 35.3. The third kappa shape index (κ3) is 8.76. The Balaban J connectivity index is 0.977. The molecule has 40 heavy (non-hydrogen) atoms. The molecule has 0 heterocycles. The molecule has 0 aromatic heterocycles. The van der Waals surface area contributed by atoms with Gasteiger partial charge in [-0.2, -0.15) is 0 Å². The number of hydrogen-bond donors (Lipinski definition) is 1. The van der Waals surface area contributed by atoms with Gasteiger partial charge in [-0.25, -0.2) is 0 Å². The van der Waals surface area contributed by atoms with Gasteiger partial charge in [0.1, 0.15) is 0 Å². The third-order valence-corrected chi connectivity index (χ3v) is 13.6. The highest BCUT2D eigenvalue weighted by atomic mass is 14.8. The quantitative estimate of drug-likeness (QED) is 0.147. The third-order valence-electron chi connectivity index (χ3n) is 13.6. The first-order chi connectivity index (χ1) is 19.6. The second kappa shape index (κ2) is 17.3. The fourth-order valence-corrected chi connectivity index (χ4v) is 11.1. The van der Waals surface area contributed by atoms with Crippen LogP contribution in [0.25, 0.3) is 0 Å². The second-order valence-corrected chi connectivity index (χ2v) is 16.1. The highest BCUT2D eigenvalue weighted by Crippen LogP contribution is 2.67. The first kappa shape index (κ1) is 32.9. The average molecular weight is 556 g/mol. The van der Waals surface area contributed by atoms with Crippen LogP contribution in [0, 0.1) is 40.4 Å². The van der Waals surface area contributed by atoms with Crippen LogP contribution in [-0.4, -0.2) is 13.1 Å². The summed E-state index contributed by atoms with van der Waals surface area (Å²) in [4.78, 5) is 0. The molecule has 4 saturated carbocycles. The molecular formula is C39H73N. The highest BCUT2D eigenvalue weighted by Gasteiger charge is 2.59. The summed E-state index contributed by atoms with van der Waals surface area (Å²) in [5, 5.41) is 3.79. The lowest BCUT2D eigenvalue weighted by Gasteiger charge is -2.60. The molecule has 7 atom stereocenters. The molecule has 4 aliphatic carbocycles. The van der Waals surface area contributed by atoms with Crippen molar-refractivity contribution in [2.45, 2.75) is 194 Å². The average Bonchev–Trinajstić information content (AvgIpc) is 3.30. The molecular weight excluding hydrogens is 482 g/mol. The zero-order chi connectivity index (χ0) is 28.1. The zero-order valence-corrected chi connectivity index (χ0v) is 27.9. The Morgan fingerprint density at radius 3 is 1.80 bits per heavy atom. The number of rotatable bonds is 20. The van der Waals surface area contributed by atoms with Gasteiger partial charge in [0.25, 0.3) is 0 Å². The molecule has 0 aromatic carbocycles. The van der Waals surface area contributed by atoms with Crippen LogP contribution in [0.4, 0.5) is 0 Å². The summed E-state index contributed by atoms with van der Waals surface area (Å²) in [6, 6.07) is 0. The Hall–Kier alpha value is -0.0400. The fourth-order valence-electron chi connectivity index (χ4n) is 11.1. The van der Waals surface area contributed by atoms with Crippen molar-refractivity contribution in [2.24, 2.45) is 40.4 Å². The van der Waals surface area contributed by atoms with Crippen molar-refractivity contribution >= 4 is 0 Å². The van der Waals surface area contributed by atoms with E-state index < -0.39 is 0 Å². The van der Waals surface area contributed by atoms with E-state index in [1.54, 1.807) is 51.4 Å². The van der Waals surface area contributed by atoms with E-state index in [0.717, 1.165) is 29.6 Å². The smallest absolute Gasteiger partial charge is 0.00489 e. The number of unbranched alkanes of at least 4 members (excludes halogenated alkanes) is 14. The predicted molar refractivity (Wildman–Crippen MR) is 177 cm³/mol. The van der Waals surface area contributed by atoms with E-state index in [1.165, 1.54) is 135 Å². The molecule has 0 bridgehead atoms. The van der Waals surface area contributed by atoms with Gasteiger partial charge in [-0.05, 0) is 124 Å². The molecule has 1 nitrogen and oxygen atoms in total. The van der Waals surface area contributed by atoms with Gasteiger partial charge in [0, 0.05) is 0 Å². The lowest BCUT2D eigenvalue weighted by Crippen LogP contribution is -2.52. The van der Waals surface area contributed by atoms with Crippen molar-refractivity contribution in [3.05, 3.63) is 0 Å². The second-order valence-electron chi connectivity index (χ2n) is 16.1. The maximum Gasteiger partial charge on any atom is -0.00489 e. The topological polar surface area (TPSA) is 12.0 Å². The van der Waals surface area contributed by atoms with Crippen LogP contribution < -0.4 is 5.32 Å². The van der Waals surface area contributed by atoms with Gasteiger partial charge < -0.3 is 5.32 Å². The number of hydrogen-bond acceptors (Lipinski definition) is 1. The zero-order valence-electron chi connectivity index (χ0n) is 27.9. The first-order valence-electron chi connectivity index (χ1n) is 19.3. The summed E-state index contributed by atoms with van der Waals surface area (Å²) in [5.74, 6) is 5.31. The Labute approximate surface area is 252 Å². The minimum Gasteiger partial charge on any atom is -0.317 e. The van der Waals surface area contributed by atoms with Crippen molar-refractivity contribution in [3.63, 3.8) is 0 Å². The Bertz CT molecular complexity index is 672. The SMILES string of the molecule is CCCCCCCCCCCCCCCCNCCCCC1CCC2C3CCC4CCCCC4(C)C3CCC12C. The van der Waals surface area contributed by atoms with E-state index in [9.17, 15) is 0 Å². The Morgan fingerprint density at radius 1 is 0.525 bits per heavy atom. The molecule has 1 heteroatoms. The maximum atomic E-state index is 3.79. The van der Waals surface area contributed by atoms with E-state index in [4.69, 9.17) is 0 Å². The summed E-state index contributed by atoms with van der Waals surface area (Å²) in [6.07, 6.45) is 40.3. The molecule has 1 N–H and O–H groups in total.